The van der Waals surface area contributed by atoms with Gasteiger partial charge in [-0.2, -0.15) is 15.5 Å². The summed E-state index contributed by atoms with van der Waals surface area (Å²) < 4.78 is 12.5. The van der Waals surface area contributed by atoms with E-state index in [1.807, 2.05) is 19.9 Å². The van der Waals surface area contributed by atoms with Crippen molar-refractivity contribution in [2.75, 3.05) is 18.8 Å². The van der Waals surface area contributed by atoms with Gasteiger partial charge in [0.15, 0.2) is 0 Å². The van der Waals surface area contributed by atoms with Crippen molar-refractivity contribution in [2.24, 2.45) is 0 Å². The van der Waals surface area contributed by atoms with E-state index in [1.165, 1.54) is 0 Å². The summed E-state index contributed by atoms with van der Waals surface area (Å²) in [5, 5.41) is 27.1. The van der Waals surface area contributed by atoms with Crippen molar-refractivity contribution in [3.63, 3.8) is 0 Å². The molecule has 3 heterocycles. The number of hydrogen-bond donors (Lipinski definition) is 2. The third-order valence-electron chi connectivity index (χ3n) is 8.03. The molecule has 8 heteroatoms. The molecule has 2 aromatic rings. The van der Waals surface area contributed by atoms with Gasteiger partial charge in [0, 0.05) is 41.5 Å². The van der Waals surface area contributed by atoms with Crippen LogP contribution in [0.2, 0.25) is 0 Å². The van der Waals surface area contributed by atoms with Crippen LogP contribution < -0.4 is 10.5 Å². The third-order valence-corrected chi connectivity index (χ3v) is 8.03. The number of anilines is 1. The monoisotopic (exact) mass is 540 g/mol. The molecule has 0 saturated carbocycles. The van der Waals surface area contributed by atoms with Gasteiger partial charge in [0.2, 0.25) is 0 Å². The van der Waals surface area contributed by atoms with Crippen molar-refractivity contribution in [1.29, 1.82) is 10.7 Å². The normalized spacial score (nSPS) is 21.7. The SMILES string of the molecule is C\C1=C/C(C(=N)c2cc(OCc3c(C)cnnc3C)ccc2N)=C\C(C#N)=C\OC2(CC1)CCN(C(C)C)CC2. The highest BCUT2D eigenvalue weighted by Gasteiger charge is 2.36. The molecule has 210 valence electrons. The number of nitriles is 1. The molecule has 1 saturated heterocycles. The van der Waals surface area contributed by atoms with Gasteiger partial charge in [-0.1, -0.05) is 11.6 Å². The summed E-state index contributed by atoms with van der Waals surface area (Å²) in [6.45, 7) is 12.7. The molecule has 3 N–H and O–H groups in total. The van der Waals surface area contributed by atoms with Crippen LogP contribution in [-0.4, -0.2) is 45.5 Å². The molecule has 2 aliphatic heterocycles. The average molecular weight is 541 g/mol. The molecular formula is C32H40N6O2. The molecule has 0 unspecified atom stereocenters. The first-order valence-electron chi connectivity index (χ1n) is 13.9. The zero-order valence-electron chi connectivity index (χ0n) is 24.3. The van der Waals surface area contributed by atoms with Crippen LogP contribution in [0.1, 0.15) is 68.8 Å². The molecule has 2 aliphatic rings. The Morgan fingerprint density at radius 2 is 1.95 bits per heavy atom. The van der Waals surface area contributed by atoms with Crippen molar-refractivity contribution >= 4 is 11.4 Å². The van der Waals surface area contributed by atoms with E-state index in [9.17, 15) is 5.26 Å². The summed E-state index contributed by atoms with van der Waals surface area (Å²) in [6.07, 6.45) is 10.6. The van der Waals surface area contributed by atoms with Crippen LogP contribution >= 0.6 is 0 Å². The van der Waals surface area contributed by atoms with E-state index >= 15 is 0 Å². The first-order valence-corrected chi connectivity index (χ1v) is 13.9. The smallest absolute Gasteiger partial charge is 0.120 e. The number of nitrogen functional groups attached to an aromatic ring is 1. The largest absolute Gasteiger partial charge is 0.493 e. The minimum Gasteiger partial charge on any atom is -0.493 e. The predicted molar refractivity (Wildman–Crippen MR) is 158 cm³/mol. The van der Waals surface area contributed by atoms with Gasteiger partial charge in [-0.05, 0) is 90.1 Å². The second-order valence-corrected chi connectivity index (χ2v) is 11.2. The summed E-state index contributed by atoms with van der Waals surface area (Å²) in [5.41, 5.74) is 12.2. The first kappa shape index (κ1) is 29.0. The number of piperidine rings is 1. The van der Waals surface area contributed by atoms with Crippen LogP contribution in [0, 0.1) is 30.6 Å². The van der Waals surface area contributed by atoms with E-state index in [0.717, 1.165) is 61.2 Å². The Hall–Kier alpha value is -3.96. The Morgan fingerprint density at radius 1 is 1.20 bits per heavy atom. The quantitative estimate of drug-likeness (QED) is 0.343. The fraction of sp³-hybridized carbons (Fsp3) is 0.438. The van der Waals surface area contributed by atoms with Gasteiger partial charge in [-0.25, -0.2) is 0 Å². The van der Waals surface area contributed by atoms with Crippen LogP contribution in [0.25, 0.3) is 0 Å². The molecule has 0 bridgehead atoms. The molecule has 1 fully saturated rings. The summed E-state index contributed by atoms with van der Waals surface area (Å²) in [4.78, 5) is 2.48. The van der Waals surface area contributed by atoms with E-state index in [-0.39, 0.29) is 11.3 Å². The predicted octanol–water partition coefficient (Wildman–Crippen LogP) is 5.96. The molecule has 0 amide bonds. The molecule has 1 spiro atoms. The number of nitrogens with two attached hydrogens (primary N) is 1. The van der Waals surface area contributed by atoms with Crippen molar-refractivity contribution in [3.8, 4) is 11.8 Å². The molecular weight excluding hydrogens is 500 g/mol. The number of benzene rings is 1. The number of ether oxygens (including phenoxy) is 2. The maximum atomic E-state index is 9.93. The summed E-state index contributed by atoms with van der Waals surface area (Å²) in [6, 6.07) is 8.09. The number of rotatable bonds is 6. The highest BCUT2D eigenvalue weighted by atomic mass is 16.5. The van der Waals surface area contributed by atoms with Crippen LogP contribution in [0.15, 0.2) is 59.5 Å². The molecule has 4 rings (SSSR count). The summed E-state index contributed by atoms with van der Waals surface area (Å²) >= 11 is 0. The Labute approximate surface area is 237 Å². The molecule has 0 radical (unpaired) electrons. The highest BCUT2D eigenvalue weighted by molar-refractivity contribution is 6.15. The van der Waals surface area contributed by atoms with Crippen molar-refractivity contribution in [1.82, 2.24) is 15.1 Å². The maximum Gasteiger partial charge on any atom is 0.120 e. The summed E-state index contributed by atoms with van der Waals surface area (Å²) in [5.74, 6) is 0.597. The lowest BCUT2D eigenvalue weighted by molar-refractivity contribution is -0.0448. The van der Waals surface area contributed by atoms with Crippen LogP contribution in [-0.2, 0) is 11.3 Å². The fourth-order valence-corrected chi connectivity index (χ4v) is 5.27. The number of nitrogens with one attached hydrogen (secondary N) is 1. The minimum atomic E-state index is -0.279. The number of aromatic nitrogens is 2. The zero-order valence-corrected chi connectivity index (χ0v) is 24.3. The minimum absolute atomic E-state index is 0.224. The number of aryl methyl sites for hydroxylation is 2. The van der Waals surface area contributed by atoms with Gasteiger partial charge < -0.3 is 20.1 Å². The van der Waals surface area contributed by atoms with E-state index in [4.69, 9.17) is 20.6 Å². The third kappa shape index (κ3) is 6.78. The maximum absolute atomic E-state index is 9.93. The van der Waals surface area contributed by atoms with E-state index in [2.05, 4.69) is 41.9 Å². The lowest BCUT2D eigenvalue weighted by atomic mass is 9.84. The van der Waals surface area contributed by atoms with Gasteiger partial charge in [0.1, 0.15) is 30.3 Å². The van der Waals surface area contributed by atoms with E-state index in [0.29, 0.717) is 40.8 Å². The van der Waals surface area contributed by atoms with Crippen LogP contribution in [0.5, 0.6) is 5.75 Å². The standard InChI is InChI=1S/C32H40N6O2/c1-21(2)38-12-10-32(11-13-38)9-8-22(3)14-26(15-25(17-33)19-40-32)31(35)28-16-27(6-7-30(28)34)39-20-29-23(4)18-36-37-24(29)5/h6-7,14-16,18-19,21,35H,8-13,20,34H2,1-5H3/b22-14+,25-19-,26-15+,35-31?. The summed E-state index contributed by atoms with van der Waals surface area (Å²) in [7, 11) is 0. The first-order chi connectivity index (χ1) is 19.1. The van der Waals surface area contributed by atoms with E-state index < -0.39 is 0 Å². The van der Waals surface area contributed by atoms with Gasteiger partial charge in [0.05, 0.1) is 23.2 Å². The Kier molecular flexibility index (Phi) is 9.06. The number of allylic oxidation sites excluding steroid dienone is 5. The van der Waals surface area contributed by atoms with Crippen LogP contribution in [0.3, 0.4) is 0 Å². The molecule has 8 nitrogen and oxygen atoms in total. The second kappa shape index (κ2) is 12.5. The van der Waals surface area contributed by atoms with Gasteiger partial charge >= 0.3 is 0 Å². The molecule has 1 aromatic heterocycles. The topological polar surface area (TPSA) is 121 Å². The lowest BCUT2D eigenvalue weighted by Gasteiger charge is -2.43. The number of hydrogen-bond acceptors (Lipinski definition) is 8. The molecule has 0 atom stereocenters. The molecule has 1 aromatic carbocycles. The fourth-order valence-electron chi connectivity index (χ4n) is 5.27. The van der Waals surface area contributed by atoms with Crippen molar-refractivity contribution < 1.29 is 9.47 Å². The number of nitrogens with zero attached hydrogens (tertiary/aromatic N) is 4. The van der Waals surface area contributed by atoms with E-state index in [1.54, 1.807) is 36.7 Å². The highest BCUT2D eigenvalue weighted by Crippen LogP contribution is 2.35. The lowest BCUT2D eigenvalue weighted by Crippen LogP contribution is -2.47. The molecule has 40 heavy (non-hydrogen) atoms. The Balaban J connectivity index is 1.59. The average Bonchev–Trinajstić information content (AvgIpc) is 2.94. The van der Waals surface area contributed by atoms with Crippen molar-refractivity contribution in [3.05, 3.63) is 81.9 Å². The van der Waals surface area contributed by atoms with Crippen molar-refractivity contribution in [2.45, 2.75) is 78.6 Å². The van der Waals surface area contributed by atoms with Gasteiger partial charge in [-0.15, -0.1) is 0 Å². The number of likely N-dealkylation sites (tertiary alicyclic amines) is 1. The van der Waals surface area contributed by atoms with Crippen LogP contribution in [0.4, 0.5) is 5.69 Å². The van der Waals surface area contributed by atoms with Gasteiger partial charge in [-0.3, -0.25) is 5.41 Å². The molecule has 0 aliphatic carbocycles. The van der Waals surface area contributed by atoms with Gasteiger partial charge in [0.25, 0.3) is 0 Å². The Bertz CT molecular complexity index is 1370. The second-order valence-electron chi connectivity index (χ2n) is 11.2. The Morgan fingerprint density at radius 3 is 2.62 bits per heavy atom. The zero-order chi connectivity index (χ0) is 28.9.